The van der Waals surface area contributed by atoms with Gasteiger partial charge in [0.05, 0.1) is 23.4 Å². The van der Waals surface area contributed by atoms with Crippen molar-refractivity contribution in [3.8, 4) is 0 Å². The number of aromatic nitrogens is 3. The zero-order valence-electron chi connectivity index (χ0n) is 9.65. The molecule has 0 fully saturated rings. The van der Waals surface area contributed by atoms with Crippen LogP contribution in [0.4, 0.5) is 0 Å². The van der Waals surface area contributed by atoms with E-state index < -0.39 is 0 Å². The van der Waals surface area contributed by atoms with Gasteiger partial charge in [0.15, 0.2) is 0 Å². The molecule has 0 N–H and O–H groups in total. The summed E-state index contributed by atoms with van der Waals surface area (Å²) in [7, 11) is 2.05. The van der Waals surface area contributed by atoms with E-state index in [1.54, 1.807) is 0 Å². The number of pyridine rings is 2. The number of fused-ring (bicyclic) bond motifs is 3. The van der Waals surface area contributed by atoms with Crippen LogP contribution in [-0.2, 0) is 7.05 Å². The Kier molecular flexibility index (Phi) is 1.78. The molecule has 0 amide bonds. The second kappa shape index (κ2) is 3.04. The molecule has 3 rings (SSSR count). The molecule has 80 valence electrons. The number of nitrogens with zero attached hydrogens (tertiary/aromatic N) is 3. The largest absolute Gasteiger partial charge is 0.341 e. The van der Waals surface area contributed by atoms with Gasteiger partial charge in [-0.25, -0.2) is 0 Å². The van der Waals surface area contributed by atoms with Crippen LogP contribution in [0.15, 0.2) is 24.5 Å². The van der Waals surface area contributed by atoms with Crippen LogP contribution >= 0.6 is 0 Å². The molecule has 0 aliphatic heterocycles. The van der Waals surface area contributed by atoms with E-state index in [-0.39, 0.29) is 0 Å². The molecule has 0 saturated heterocycles. The van der Waals surface area contributed by atoms with E-state index in [1.165, 1.54) is 10.8 Å². The van der Waals surface area contributed by atoms with E-state index in [9.17, 15) is 0 Å². The molecular weight excluding hydrogens is 198 g/mol. The fourth-order valence-electron chi connectivity index (χ4n) is 2.20. The summed E-state index contributed by atoms with van der Waals surface area (Å²) in [5.74, 6) is 0. The van der Waals surface area contributed by atoms with Gasteiger partial charge >= 0.3 is 0 Å². The highest BCUT2D eigenvalue weighted by atomic mass is 15.0. The van der Waals surface area contributed by atoms with Crippen LogP contribution in [0.2, 0.25) is 0 Å². The van der Waals surface area contributed by atoms with Crippen LogP contribution in [0.1, 0.15) is 11.4 Å². The van der Waals surface area contributed by atoms with Crippen molar-refractivity contribution < 1.29 is 0 Å². The first kappa shape index (κ1) is 9.33. The predicted octanol–water partition coefficient (Wildman–Crippen LogP) is 2.74. The molecule has 0 saturated carbocycles. The lowest BCUT2D eigenvalue weighted by Gasteiger charge is -1.96. The van der Waals surface area contributed by atoms with Crippen molar-refractivity contribution >= 4 is 21.8 Å². The highest BCUT2D eigenvalue weighted by molar-refractivity contribution is 6.07. The van der Waals surface area contributed by atoms with E-state index in [1.807, 2.05) is 26.2 Å². The molecule has 3 nitrogen and oxygen atoms in total. The third kappa shape index (κ3) is 1.14. The zero-order valence-corrected chi connectivity index (χ0v) is 9.65. The normalized spacial score (nSPS) is 11.4. The molecule has 0 aliphatic rings. The van der Waals surface area contributed by atoms with Crippen LogP contribution < -0.4 is 0 Å². The van der Waals surface area contributed by atoms with Crippen molar-refractivity contribution in [2.24, 2.45) is 7.05 Å². The molecular formula is C13H13N3. The molecule has 3 heteroatoms. The van der Waals surface area contributed by atoms with Crippen LogP contribution in [0.25, 0.3) is 21.8 Å². The minimum atomic E-state index is 1.05. The molecule has 16 heavy (non-hydrogen) atoms. The first-order chi connectivity index (χ1) is 7.66. The molecule has 0 bridgehead atoms. The van der Waals surface area contributed by atoms with Gasteiger partial charge in [0.2, 0.25) is 0 Å². The summed E-state index contributed by atoms with van der Waals surface area (Å²) in [6, 6.07) is 4.27. The van der Waals surface area contributed by atoms with Gasteiger partial charge in [-0.15, -0.1) is 0 Å². The Morgan fingerprint density at radius 1 is 0.875 bits per heavy atom. The molecule has 0 aliphatic carbocycles. The number of aryl methyl sites for hydroxylation is 3. The number of hydrogen-bond acceptors (Lipinski definition) is 2. The summed E-state index contributed by atoms with van der Waals surface area (Å²) < 4.78 is 2.14. The molecule has 3 aromatic rings. The number of rotatable bonds is 0. The average Bonchev–Trinajstić information content (AvgIpc) is 2.52. The predicted molar refractivity (Wildman–Crippen MR) is 65.5 cm³/mol. The summed E-state index contributed by atoms with van der Waals surface area (Å²) in [6.45, 7) is 4.04. The Hall–Kier alpha value is -1.90. The topological polar surface area (TPSA) is 30.7 Å². The van der Waals surface area contributed by atoms with E-state index in [0.29, 0.717) is 0 Å². The van der Waals surface area contributed by atoms with E-state index >= 15 is 0 Å². The minimum absolute atomic E-state index is 1.05. The fourth-order valence-corrected chi connectivity index (χ4v) is 2.20. The molecule has 0 atom stereocenters. The highest BCUT2D eigenvalue weighted by Gasteiger charge is 2.08. The van der Waals surface area contributed by atoms with E-state index in [2.05, 4.69) is 33.7 Å². The maximum Gasteiger partial charge on any atom is 0.0675 e. The Morgan fingerprint density at radius 3 is 1.75 bits per heavy atom. The van der Waals surface area contributed by atoms with Crippen molar-refractivity contribution in [1.82, 2.24) is 14.5 Å². The van der Waals surface area contributed by atoms with Crippen LogP contribution in [0, 0.1) is 13.8 Å². The summed E-state index contributed by atoms with van der Waals surface area (Å²) in [5, 5.41) is 2.52. The monoisotopic (exact) mass is 211 g/mol. The second-order valence-corrected chi connectivity index (χ2v) is 4.24. The van der Waals surface area contributed by atoms with Gasteiger partial charge in [-0.2, -0.15) is 0 Å². The highest BCUT2D eigenvalue weighted by Crippen LogP contribution is 2.27. The lowest BCUT2D eigenvalue weighted by Crippen LogP contribution is -1.88. The maximum absolute atomic E-state index is 4.34. The lowest BCUT2D eigenvalue weighted by atomic mass is 10.2. The summed E-state index contributed by atoms with van der Waals surface area (Å²) in [4.78, 5) is 8.69. The second-order valence-electron chi connectivity index (χ2n) is 4.24. The van der Waals surface area contributed by atoms with E-state index in [4.69, 9.17) is 0 Å². The van der Waals surface area contributed by atoms with Crippen molar-refractivity contribution in [2.75, 3.05) is 0 Å². The summed E-state index contributed by atoms with van der Waals surface area (Å²) >= 11 is 0. The molecule has 0 spiro atoms. The molecule has 3 aromatic heterocycles. The molecule has 0 unspecified atom stereocenters. The van der Waals surface area contributed by atoms with Crippen molar-refractivity contribution in [3.63, 3.8) is 0 Å². The van der Waals surface area contributed by atoms with Crippen LogP contribution in [0.3, 0.4) is 0 Å². The van der Waals surface area contributed by atoms with Gasteiger partial charge in [0.1, 0.15) is 0 Å². The standard InChI is InChI=1S/C13H13N3/c1-8-4-10-11-5-9(2)15-7-13(11)16(3)12(10)6-14-8/h4-7H,1-3H3. The van der Waals surface area contributed by atoms with Crippen LogP contribution in [-0.4, -0.2) is 14.5 Å². The summed E-state index contributed by atoms with van der Waals surface area (Å²) in [6.07, 6.45) is 3.86. The Bertz CT molecular complexity index is 636. The van der Waals surface area contributed by atoms with Gasteiger partial charge in [-0.1, -0.05) is 0 Å². The van der Waals surface area contributed by atoms with Gasteiger partial charge in [0.25, 0.3) is 0 Å². The van der Waals surface area contributed by atoms with Gasteiger partial charge in [-0.3, -0.25) is 9.97 Å². The van der Waals surface area contributed by atoms with Crippen molar-refractivity contribution in [2.45, 2.75) is 13.8 Å². The molecule has 3 heterocycles. The SMILES string of the molecule is Cc1cc2c3cc(C)ncc3n(C)c2cn1. The average molecular weight is 211 g/mol. The maximum atomic E-state index is 4.34. The fraction of sp³-hybridized carbons (Fsp3) is 0.231. The minimum Gasteiger partial charge on any atom is -0.341 e. The third-order valence-electron chi connectivity index (χ3n) is 3.05. The number of hydrogen-bond donors (Lipinski definition) is 0. The first-order valence-corrected chi connectivity index (χ1v) is 5.34. The van der Waals surface area contributed by atoms with Crippen LogP contribution in [0.5, 0.6) is 0 Å². The molecule has 0 aromatic carbocycles. The van der Waals surface area contributed by atoms with Gasteiger partial charge in [-0.05, 0) is 26.0 Å². The van der Waals surface area contributed by atoms with Gasteiger partial charge < -0.3 is 4.57 Å². The van der Waals surface area contributed by atoms with Crippen molar-refractivity contribution in [1.29, 1.82) is 0 Å². The zero-order chi connectivity index (χ0) is 11.3. The van der Waals surface area contributed by atoms with E-state index in [0.717, 1.165) is 22.4 Å². The quantitative estimate of drug-likeness (QED) is 0.572. The lowest BCUT2D eigenvalue weighted by molar-refractivity contribution is 0.999. The Labute approximate surface area is 93.7 Å². The van der Waals surface area contributed by atoms with Crippen molar-refractivity contribution in [3.05, 3.63) is 35.9 Å². The Morgan fingerprint density at radius 2 is 1.31 bits per heavy atom. The molecule has 0 radical (unpaired) electrons. The smallest absolute Gasteiger partial charge is 0.0675 e. The first-order valence-electron chi connectivity index (χ1n) is 5.34. The summed E-state index contributed by atoms with van der Waals surface area (Å²) in [5.41, 5.74) is 4.42. The van der Waals surface area contributed by atoms with Gasteiger partial charge in [0, 0.05) is 29.2 Å². The Balaban J connectivity index is 2.60. The third-order valence-corrected chi connectivity index (χ3v) is 3.05.